The summed E-state index contributed by atoms with van der Waals surface area (Å²) in [6, 6.07) is 8.79. The average molecular weight is 299 g/mol. The van der Waals surface area contributed by atoms with E-state index < -0.39 is 11.8 Å². The van der Waals surface area contributed by atoms with Crippen LogP contribution in [-0.2, 0) is 9.53 Å². The van der Waals surface area contributed by atoms with E-state index >= 15 is 0 Å². The Bertz CT molecular complexity index is 714. The number of anilines is 1. The number of nitrogens with one attached hydrogen (secondary N) is 1. The number of rotatable bonds is 5. The highest BCUT2D eigenvalue weighted by Crippen LogP contribution is 2.17. The van der Waals surface area contributed by atoms with Crippen molar-refractivity contribution in [1.29, 1.82) is 0 Å². The molecule has 5 heteroatoms. The Morgan fingerprint density at radius 3 is 2.55 bits per heavy atom. The number of aryl methyl sites for hydroxylation is 2. The number of furan rings is 1. The zero-order chi connectivity index (χ0) is 16.1. The van der Waals surface area contributed by atoms with Crippen molar-refractivity contribution in [3.63, 3.8) is 0 Å². The van der Waals surface area contributed by atoms with Gasteiger partial charge in [0.05, 0.1) is 13.4 Å². The topological polar surface area (TPSA) is 68.5 Å². The van der Waals surface area contributed by atoms with E-state index in [9.17, 15) is 9.59 Å². The lowest BCUT2D eigenvalue weighted by molar-refractivity contribution is -0.135. The Hall–Kier alpha value is -2.82. The number of esters is 1. The monoisotopic (exact) mass is 299 g/mol. The molecule has 1 aromatic carbocycles. The van der Waals surface area contributed by atoms with Crippen LogP contribution in [0.15, 0.2) is 52.8 Å². The Morgan fingerprint density at radius 1 is 1.18 bits per heavy atom. The third-order valence-electron chi connectivity index (χ3n) is 3.23. The number of benzene rings is 1. The van der Waals surface area contributed by atoms with E-state index in [1.54, 1.807) is 6.07 Å². The molecule has 1 aromatic heterocycles. The minimum absolute atomic E-state index is 0.0483. The summed E-state index contributed by atoms with van der Waals surface area (Å²) in [6.45, 7) is 3.96. The van der Waals surface area contributed by atoms with E-state index in [0.717, 1.165) is 11.1 Å². The molecule has 1 N–H and O–H groups in total. The van der Waals surface area contributed by atoms with Gasteiger partial charge in [-0.3, -0.25) is 4.79 Å². The first-order valence-corrected chi connectivity index (χ1v) is 6.73. The van der Waals surface area contributed by atoms with Gasteiger partial charge >= 0.3 is 5.97 Å². The lowest BCUT2D eigenvalue weighted by Gasteiger charge is -2.10. The third kappa shape index (κ3) is 3.63. The van der Waals surface area contributed by atoms with Crippen molar-refractivity contribution in [2.75, 3.05) is 12.4 Å². The molecule has 22 heavy (non-hydrogen) atoms. The van der Waals surface area contributed by atoms with Gasteiger partial charge in [-0.1, -0.05) is 6.07 Å². The number of ketones is 1. The minimum Gasteiger partial charge on any atom is -0.464 e. The van der Waals surface area contributed by atoms with Crippen molar-refractivity contribution < 1.29 is 18.7 Å². The Morgan fingerprint density at radius 2 is 1.95 bits per heavy atom. The van der Waals surface area contributed by atoms with E-state index in [1.807, 2.05) is 32.0 Å². The molecule has 0 radical (unpaired) electrons. The van der Waals surface area contributed by atoms with Crippen LogP contribution in [0.2, 0.25) is 0 Å². The van der Waals surface area contributed by atoms with Crippen molar-refractivity contribution in [3.05, 3.63) is 65.3 Å². The van der Waals surface area contributed by atoms with Gasteiger partial charge in [0, 0.05) is 11.8 Å². The molecule has 2 rings (SSSR count). The standard InChI is InChI=1S/C17H17NO4/c1-11-6-7-13(9-12(11)2)18-14(17(20)21-3)10-15(19)16-5-4-8-22-16/h4-10,18H,1-3H3. The quantitative estimate of drug-likeness (QED) is 0.521. The van der Waals surface area contributed by atoms with E-state index in [4.69, 9.17) is 9.15 Å². The lowest BCUT2D eigenvalue weighted by Crippen LogP contribution is -2.15. The maximum atomic E-state index is 12.0. The molecule has 0 aliphatic rings. The smallest absolute Gasteiger partial charge is 0.354 e. The van der Waals surface area contributed by atoms with Gasteiger partial charge in [-0.15, -0.1) is 0 Å². The molecule has 114 valence electrons. The van der Waals surface area contributed by atoms with Gasteiger partial charge in [-0.2, -0.15) is 0 Å². The fourth-order valence-corrected chi connectivity index (χ4v) is 1.85. The molecule has 0 saturated carbocycles. The first-order valence-electron chi connectivity index (χ1n) is 6.73. The zero-order valence-corrected chi connectivity index (χ0v) is 12.7. The number of hydrogen-bond donors (Lipinski definition) is 1. The third-order valence-corrected chi connectivity index (χ3v) is 3.23. The summed E-state index contributed by atoms with van der Waals surface area (Å²) in [6.07, 6.45) is 2.56. The maximum absolute atomic E-state index is 12.0. The predicted octanol–water partition coefficient (Wildman–Crippen LogP) is 3.25. The van der Waals surface area contributed by atoms with Crippen LogP contribution in [-0.4, -0.2) is 18.9 Å². The normalized spacial score (nSPS) is 11.1. The molecule has 0 aliphatic heterocycles. The lowest BCUT2D eigenvalue weighted by atomic mass is 10.1. The molecule has 0 atom stereocenters. The predicted molar refractivity (Wildman–Crippen MR) is 82.7 cm³/mol. The van der Waals surface area contributed by atoms with E-state index in [-0.39, 0.29) is 11.5 Å². The molecule has 1 heterocycles. The van der Waals surface area contributed by atoms with Crippen LogP contribution in [0.4, 0.5) is 5.69 Å². The van der Waals surface area contributed by atoms with E-state index in [2.05, 4.69) is 5.32 Å². The van der Waals surface area contributed by atoms with Crippen LogP contribution < -0.4 is 5.32 Å². The van der Waals surface area contributed by atoms with Crippen LogP contribution in [0.5, 0.6) is 0 Å². The SMILES string of the molecule is COC(=O)C(=CC(=O)c1ccco1)Nc1ccc(C)c(C)c1. The largest absolute Gasteiger partial charge is 0.464 e. The number of methoxy groups -OCH3 is 1. The molecular weight excluding hydrogens is 282 g/mol. The minimum atomic E-state index is -0.627. The van der Waals surface area contributed by atoms with Crippen molar-refractivity contribution in [2.45, 2.75) is 13.8 Å². The molecule has 0 amide bonds. The van der Waals surface area contributed by atoms with Crippen LogP contribution in [0.3, 0.4) is 0 Å². The summed E-state index contributed by atoms with van der Waals surface area (Å²) in [4.78, 5) is 23.9. The number of carbonyl (C=O) groups excluding carboxylic acids is 2. The highest BCUT2D eigenvalue weighted by molar-refractivity contribution is 6.08. The van der Waals surface area contributed by atoms with E-state index in [1.165, 1.54) is 25.5 Å². The molecule has 5 nitrogen and oxygen atoms in total. The number of carbonyl (C=O) groups is 2. The van der Waals surface area contributed by atoms with E-state index in [0.29, 0.717) is 5.69 Å². The zero-order valence-electron chi connectivity index (χ0n) is 12.7. The first kappa shape index (κ1) is 15.6. The second kappa shape index (κ2) is 6.76. The molecule has 0 unspecified atom stereocenters. The van der Waals surface area contributed by atoms with Crippen molar-refractivity contribution in [2.24, 2.45) is 0 Å². The van der Waals surface area contributed by atoms with Gasteiger partial charge in [-0.25, -0.2) is 4.79 Å². The van der Waals surface area contributed by atoms with Crippen molar-refractivity contribution in [3.8, 4) is 0 Å². The first-order chi connectivity index (χ1) is 10.5. The summed E-state index contributed by atoms with van der Waals surface area (Å²) in [5.74, 6) is -0.886. The summed E-state index contributed by atoms with van der Waals surface area (Å²) < 4.78 is 9.72. The molecule has 0 bridgehead atoms. The Kier molecular flexibility index (Phi) is 4.78. The second-order valence-electron chi connectivity index (χ2n) is 4.82. The molecule has 0 spiro atoms. The number of ether oxygens (including phenoxy) is 1. The van der Waals surface area contributed by atoms with Crippen LogP contribution in [0, 0.1) is 13.8 Å². The van der Waals surface area contributed by atoms with Crippen LogP contribution in [0.25, 0.3) is 0 Å². The fraction of sp³-hybridized carbons (Fsp3) is 0.176. The summed E-state index contributed by atoms with van der Waals surface area (Å²) in [5.41, 5.74) is 2.96. The van der Waals surface area contributed by atoms with Gasteiger partial charge in [-0.05, 0) is 49.2 Å². The number of hydrogen-bond acceptors (Lipinski definition) is 5. The highest BCUT2D eigenvalue weighted by Gasteiger charge is 2.15. The van der Waals surface area contributed by atoms with Gasteiger partial charge in [0.1, 0.15) is 5.70 Å². The summed E-state index contributed by atoms with van der Waals surface area (Å²) in [5, 5.41) is 2.91. The van der Waals surface area contributed by atoms with Crippen molar-refractivity contribution >= 4 is 17.4 Å². The number of allylic oxidation sites excluding steroid dienone is 1. The molecule has 0 aliphatic carbocycles. The summed E-state index contributed by atoms with van der Waals surface area (Å²) >= 11 is 0. The van der Waals surface area contributed by atoms with Gasteiger partial charge in [0.15, 0.2) is 5.76 Å². The van der Waals surface area contributed by atoms with Crippen molar-refractivity contribution in [1.82, 2.24) is 0 Å². The van der Waals surface area contributed by atoms with Gasteiger partial charge in [0.25, 0.3) is 0 Å². The van der Waals surface area contributed by atoms with Gasteiger partial charge < -0.3 is 14.5 Å². The average Bonchev–Trinajstić information content (AvgIpc) is 3.03. The molecular formula is C17H17NO4. The summed E-state index contributed by atoms with van der Waals surface area (Å²) in [7, 11) is 1.26. The molecule has 2 aromatic rings. The Balaban J connectivity index is 2.28. The highest BCUT2D eigenvalue weighted by atomic mass is 16.5. The molecule has 0 saturated heterocycles. The van der Waals surface area contributed by atoms with Gasteiger partial charge in [0.2, 0.25) is 5.78 Å². The Labute approximate surface area is 128 Å². The maximum Gasteiger partial charge on any atom is 0.354 e. The fourth-order valence-electron chi connectivity index (χ4n) is 1.85. The van der Waals surface area contributed by atoms with Crippen LogP contribution in [0.1, 0.15) is 21.7 Å². The molecule has 0 fully saturated rings. The second-order valence-corrected chi connectivity index (χ2v) is 4.82. The van der Waals surface area contributed by atoms with Crippen LogP contribution >= 0.6 is 0 Å².